The summed E-state index contributed by atoms with van der Waals surface area (Å²) in [6.07, 6.45) is 4.39. The summed E-state index contributed by atoms with van der Waals surface area (Å²) in [6.45, 7) is 1.93. The van der Waals surface area contributed by atoms with Crippen LogP contribution in [0.25, 0.3) is 11.3 Å². The van der Waals surface area contributed by atoms with Crippen molar-refractivity contribution in [2.45, 2.75) is 38.5 Å². The van der Waals surface area contributed by atoms with E-state index in [2.05, 4.69) is 0 Å². The van der Waals surface area contributed by atoms with Gasteiger partial charge in [-0.1, -0.05) is 36.2 Å². The van der Waals surface area contributed by atoms with Crippen LogP contribution in [0.3, 0.4) is 0 Å². The maximum Gasteiger partial charge on any atom is 0.304 e. The number of ether oxygens (including phenoxy) is 1. The first-order valence-corrected chi connectivity index (χ1v) is 12.1. The summed E-state index contributed by atoms with van der Waals surface area (Å²) in [7, 11) is 0. The molecule has 1 N–H and O–H groups in total. The van der Waals surface area contributed by atoms with Gasteiger partial charge < -0.3 is 9.84 Å². The van der Waals surface area contributed by atoms with E-state index in [1.54, 1.807) is 4.90 Å². The van der Waals surface area contributed by atoms with Gasteiger partial charge in [0.25, 0.3) is 0 Å². The minimum atomic E-state index is -0.924. The molecule has 0 saturated carbocycles. The Bertz CT molecular complexity index is 928. The number of carbonyl (C=O) groups is 2. The first-order valence-electron chi connectivity index (χ1n) is 10.9. The van der Waals surface area contributed by atoms with Gasteiger partial charge in [0.1, 0.15) is 0 Å². The number of halogens is 1. The van der Waals surface area contributed by atoms with E-state index in [1.807, 2.05) is 29.6 Å². The molecule has 0 aliphatic carbocycles. The molecule has 3 heterocycles. The normalized spacial score (nSPS) is 23.4. The van der Waals surface area contributed by atoms with Gasteiger partial charge in [0.05, 0.1) is 18.0 Å². The smallest absolute Gasteiger partial charge is 0.304 e. The highest BCUT2D eigenvalue weighted by Crippen LogP contribution is 2.39. The lowest BCUT2D eigenvalue weighted by atomic mass is 9.72. The lowest BCUT2D eigenvalue weighted by molar-refractivity contribution is -0.142. The largest absolute Gasteiger partial charge is 0.481 e. The molecule has 2 fully saturated rings. The van der Waals surface area contributed by atoms with Gasteiger partial charge in [-0.25, -0.2) is 4.98 Å². The van der Waals surface area contributed by atoms with Gasteiger partial charge in [-0.15, -0.1) is 11.3 Å². The summed E-state index contributed by atoms with van der Waals surface area (Å²) in [5.41, 5.74) is 1.56. The maximum atomic E-state index is 13.7. The number of carboxylic acid groups (broad SMARTS) is 1. The van der Waals surface area contributed by atoms with Gasteiger partial charge in [-0.2, -0.15) is 0 Å². The van der Waals surface area contributed by atoms with Crippen LogP contribution in [0.5, 0.6) is 0 Å². The van der Waals surface area contributed by atoms with E-state index in [9.17, 15) is 14.7 Å². The average Bonchev–Trinajstić information content (AvgIpc) is 3.24. The summed E-state index contributed by atoms with van der Waals surface area (Å²) in [6, 6.07) is 7.50. The Morgan fingerprint density at radius 1 is 1.23 bits per heavy atom. The second kappa shape index (κ2) is 10.1. The van der Waals surface area contributed by atoms with E-state index >= 15 is 0 Å². The Hall–Kier alpha value is -1.96. The molecule has 2 aliphatic rings. The lowest BCUT2D eigenvalue weighted by Crippen LogP contribution is -2.45. The van der Waals surface area contributed by atoms with Crippen LogP contribution in [0.15, 0.2) is 29.6 Å². The van der Waals surface area contributed by atoms with Crippen LogP contribution >= 0.6 is 22.9 Å². The van der Waals surface area contributed by atoms with E-state index < -0.39 is 11.9 Å². The van der Waals surface area contributed by atoms with Crippen LogP contribution in [0.4, 0.5) is 5.13 Å². The van der Waals surface area contributed by atoms with Crippen molar-refractivity contribution in [2.75, 3.05) is 24.7 Å². The number of benzene rings is 1. The van der Waals surface area contributed by atoms with Crippen LogP contribution in [-0.2, 0) is 14.3 Å². The predicted molar refractivity (Wildman–Crippen MR) is 122 cm³/mol. The summed E-state index contributed by atoms with van der Waals surface area (Å²) < 4.78 is 5.50. The van der Waals surface area contributed by atoms with Crippen LogP contribution in [0.2, 0.25) is 5.02 Å². The van der Waals surface area contributed by atoms with Crippen molar-refractivity contribution in [3.63, 3.8) is 0 Å². The fraction of sp³-hybridized carbons (Fsp3) is 0.522. The summed E-state index contributed by atoms with van der Waals surface area (Å²) in [5, 5.41) is 12.7. The molecular weight excluding hydrogens is 436 g/mol. The summed E-state index contributed by atoms with van der Waals surface area (Å²) in [5.74, 6) is -1.17. The van der Waals surface area contributed by atoms with Crippen molar-refractivity contribution in [1.29, 1.82) is 0 Å². The van der Waals surface area contributed by atoms with Crippen LogP contribution in [-0.4, -0.2) is 41.7 Å². The van der Waals surface area contributed by atoms with Gasteiger partial charge in [0, 0.05) is 35.7 Å². The number of rotatable bonds is 5. The molecule has 8 heteroatoms. The number of anilines is 1. The zero-order valence-electron chi connectivity index (χ0n) is 17.3. The van der Waals surface area contributed by atoms with Crippen molar-refractivity contribution in [3.05, 3.63) is 34.7 Å². The molecule has 1 amide bonds. The topological polar surface area (TPSA) is 79.7 Å². The van der Waals surface area contributed by atoms with Crippen molar-refractivity contribution in [3.8, 4) is 11.3 Å². The third kappa shape index (κ3) is 5.10. The monoisotopic (exact) mass is 462 g/mol. The maximum absolute atomic E-state index is 13.7. The molecule has 6 nitrogen and oxygen atoms in total. The van der Waals surface area contributed by atoms with Crippen molar-refractivity contribution in [2.24, 2.45) is 17.8 Å². The number of hydrogen-bond acceptors (Lipinski definition) is 5. The van der Waals surface area contributed by atoms with Crippen LogP contribution in [0.1, 0.15) is 38.5 Å². The number of carbonyl (C=O) groups excluding carboxylic acids is 1. The average molecular weight is 463 g/mol. The SMILES string of the molecule is O=C(O)CC1C(=O)N(c2nc(-c3ccccc3Cl)cs2)CCCCC1C1CCOCC1. The fourth-order valence-corrected chi connectivity index (χ4v) is 5.94. The predicted octanol–water partition coefficient (Wildman–Crippen LogP) is 5.11. The van der Waals surface area contributed by atoms with E-state index in [-0.39, 0.29) is 18.2 Å². The molecule has 0 bridgehead atoms. The van der Waals surface area contributed by atoms with Gasteiger partial charge in [-0.3, -0.25) is 14.5 Å². The lowest BCUT2D eigenvalue weighted by Gasteiger charge is -2.38. The van der Waals surface area contributed by atoms with Crippen molar-refractivity contribution in [1.82, 2.24) is 4.98 Å². The molecular formula is C23H27ClN2O4S. The van der Waals surface area contributed by atoms with Gasteiger partial charge in [0.2, 0.25) is 5.91 Å². The van der Waals surface area contributed by atoms with Crippen molar-refractivity contribution >= 4 is 39.9 Å². The number of carboxylic acids is 1. The van der Waals surface area contributed by atoms with E-state index in [1.165, 1.54) is 11.3 Å². The third-order valence-electron chi connectivity index (χ3n) is 6.41. The molecule has 2 atom stereocenters. The van der Waals surface area contributed by atoms with Gasteiger partial charge >= 0.3 is 5.97 Å². The molecule has 0 radical (unpaired) electrons. The molecule has 166 valence electrons. The number of aliphatic carboxylic acids is 1. The minimum absolute atomic E-state index is 0.0679. The molecule has 2 saturated heterocycles. The molecule has 2 aromatic rings. The van der Waals surface area contributed by atoms with Crippen LogP contribution in [0, 0.1) is 17.8 Å². The zero-order chi connectivity index (χ0) is 21.8. The standard InChI is InChI=1S/C23H27ClN2O4S/c24-19-7-2-1-6-17(19)20-14-31-23(25-20)26-10-4-3-5-16(15-8-11-30-12-9-15)18(22(26)29)13-21(27)28/h1-2,6-7,14-16,18H,3-5,8-13H2,(H,27,28). The van der Waals surface area contributed by atoms with Gasteiger partial charge in [0.15, 0.2) is 5.13 Å². The minimum Gasteiger partial charge on any atom is -0.481 e. The van der Waals surface area contributed by atoms with E-state index in [0.29, 0.717) is 35.8 Å². The highest BCUT2D eigenvalue weighted by atomic mass is 35.5. The molecule has 4 rings (SSSR count). The quantitative estimate of drug-likeness (QED) is 0.667. The second-order valence-corrected chi connectivity index (χ2v) is 9.54. The third-order valence-corrected chi connectivity index (χ3v) is 7.60. The Kier molecular flexibility index (Phi) is 7.25. The Labute approximate surface area is 191 Å². The zero-order valence-corrected chi connectivity index (χ0v) is 18.9. The first-order chi connectivity index (χ1) is 15.0. The number of nitrogens with zero attached hydrogens (tertiary/aromatic N) is 2. The number of thiazole rings is 1. The van der Waals surface area contributed by atoms with E-state index in [4.69, 9.17) is 21.3 Å². The fourth-order valence-electron chi connectivity index (χ4n) is 4.85. The molecule has 1 aromatic heterocycles. The molecule has 0 spiro atoms. The number of amides is 1. The molecule has 2 aliphatic heterocycles. The number of hydrogen-bond donors (Lipinski definition) is 1. The number of aromatic nitrogens is 1. The molecule has 31 heavy (non-hydrogen) atoms. The highest BCUT2D eigenvalue weighted by Gasteiger charge is 2.40. The summed E-state index contributed by atoms with van der Waals surface area (Å²) in [4.78, 5) is 31.8. The Morgan fingerprint density at radius 3 is 2.74 bits per heavy atom. The van der Waals surface area contributed by atoms with E-state index in [0.717, 1.165) is 43.4 Å². The van der Waals surface area contributed by atoms with Crippen molar-refractivity contribution < 1.29 is 19.4 Å². The molecule has 2 unspecified atom stereocenters. The summed E-state index contributed by atoms with van der Waals surface area (Å²) >= 11 is 7.73. The Balaban J connectivity index is 1.62. The highest BCUT2D eigenvalue weighted by molar-refractivity contribution is 7.14. The Morgan fingerprint density at radius 2 is 2.00 bits per heavy atom. The van der Waals surface area contributed by atoms with Gasteiger partial charge in [-0.05, 0) is 43.6 Å². The first kappa shape index (κ1) is 22.2. The molecule has 1 aromatic carbocycles. The second-order valence-electron chi connectivity index (χ2n) is 8.30. The van der Waals surface area contributed by atoms with Crippen LogP contribution < -0.4 is 4.90 Å².